The average molecular weight is 414 g/mol. The topological polar surface area (TPSA) is 82.1 Å². The summed E-state index contributed by atoms with van der Waals surface area (Å²) in [4.78, 5) is 37.3. The molecule has 0 unspecified atom stereocenters. The lowest BCUT2D eigenvalue weighted by Gasteiger charge is -2.13. The van der Waals surface area contributed by atoms with E-state index in [2.05, 4.69) is 0 Å². The number of amides is 2. The van der Waals surface area contributed by atoms with Crippen LogP contribution in [0.1, 0.15) is 26.3 Å². The largest absolute Gasteiger partial charge is 0.493 e. The van der Waals surface area contributed by atoms with Gasteiger partial charge in [0.2, 0.25) is 0 Å². The number of benzene rings is 1. The highest BCUT2D eigenvalue weighted by atomic mass is 35.5. The van der Waals surface area contributed by atoms with Gasteiger partial charge in [0.05, 0.1) is 29.7 Å². The van der Waals surface area contributed by atoms with Crippen molar-refractivity contribution >= 4 is 46.6 Å². The lowest BCUT2D eigenvalue weighted by molar-refractivity contribution is -0.149. The highest BCUT2D eigenvalue weighted by Crippen LogP contribution is 2.38. The molecule has 1 aliphatic rings. The standard InChI is InChI=1S/C18H20ClNO6S/c1-5-25-16-12(19)6-11(7-13(16)24-4)8-14-17(22)20(18(23)27-14)9-15(21)26-10(2)3/h6-8,10H,5,9H2,1-4H3/b14-8-. The van der Waals surface area contributed by atoms with Crippen LogP contribution in [0, 0.1) is 0 Å². The van der Waals surface area contributed by atoms with Gasteiger partial charge in [-0.15, -0.1) is 0 Å². The van der Waals surface area contributed by atoms with E-state index in [0.29, 0.717) is 28.7 Å². The van der Waals surface area contributed by atoms with Crippen LogP contribution in [0.3, 0.4) is 0 Å². The number of ether oxygens (including phenoxy) is 3. The zero-order chi connectivity index (χ0) is 20.1. The van der Waals surface area contributed by atoms with E-state index in [9.17, 15) is 14.4 Å². The van der Waals surface area contributed by atoms with Gasteiger partial charge in [0.1, 0.15) is 6.54 Å². The van der Waals surface area contributed by atoms with E-state index in [1.807, 2.05) is 6.92 Å². The van der Waals surface area contributed by atoms with E-state index in [1.165, 1.54) is 13.2 Å². The van der Waals surface area contributed by atoms with Crippen molar-refractivity contribution in [1.29, 1.82) is 0 Å². The van der Waals surface area contributed by atoms with Crippen molar-refractivity contribution in [3.05, 3.63) is 27.6 Å². The number of halogens is 1. The Hall–Kier alpha value is -2.19. The molecule has 0 aromatic heterocycles. The van der Waals surface area contributed by atoms with Gasteiger partial charge in [-0.05, 0) is 56.3 Å². The minimum Gasteiger partial charge on any atom is -0.493 e. The normalized spacial score (nSPS) is 15.6. The Labute approximate surface area is 166 Å². The molecule has 0 bridgehead atoms. The maximum atomic E-state index is 12.5. The third-order valence-corrected chi connectivity index (χ3v) is 4.55. The van der Waals surface area contributed by atoms with Gasteiger partial charge >= 0.3 is 5.97 Å². The molecular weight excluding hydrogens is 394 g/mol. The summed E-state index contributed by atoms with van der Waals surface area (Å²) in [6, 6.07) is 3.26. The number of nitrogens with zero attached hydrogens (tertiary/aromatic N) is 1. The van der Waals surface area contributed by atoms with Crippen LogP contribution in [0.5, 0.6) is 11.5 Å². The van der Waals surface area contributed by atoms with E-state index in [1.54, 1.807) is 26.0 Å². The molecule has 7 nitrogen and oxygen atoms in total. The van der Waals surface area contributed by atoms with Gasteiger partial charge in [-0.2, -0.15) is 0 Å². The number of thioether (sulfide) groups is 1. The molecule has 1 aromatic carbocycles. The first-order chi connectivity index (χ1) is 12.8. The predicted molar refractivity (Wildman–Crippen MR) is 103 cm³/mol. The average Bonchev–Trinajstić information content (AvgIpc) is 2.83. The monoisotopic (exact) mass is 413 g/mol. The first-order valence-corrected chi connectivity index (χ1v) is 9.41. The van der Waals surface area contributed by atoms with Gasteiger partial charge in [0, 0.05) is 0 Å². The van der Waals surface area contributed by atoms with Crippen LogP contribution in [0.4, 0.5) is 4.79 Å². The third-order valence-electron chi connectivity index (χ3n) is 3.37. The number of rotatable bonds is 7. The van der Waals surface area contributed by atoms with Crippen LogP contribution in [-0.4, -0.2) is 48.4 Å². The Morgan fingerprint density at radius 1 is 1.33 bits per heavy atom. The lowest BCUT2D eigenvalue weighted by atomic mass is 10.1. The molecule has 1 fully saturated rings. The van der Waals surface area contributed by atoms with Gasteiger partial charge < -0.3 is 14.2 Å². The van der Waals surface area contributed by atoms with Crippen molar-refractivity contribution in [3.8, 4) is 11.5 Å². The SMILES string of the molecule is CCOc1c(Cl)cc(/C=C2\SC(=O)N(CC(=O)OC(C)C)C2=O)cc1OC. The fourth-order valence-electron chi connectivity index (χ4n) is 2.32. The molecule has 0 atom stereocenters. The lowest BCUT2D eigenvalue weighted by Crippen LogP contribution is -2.35. The summed E-state index contributed by atoms with van der Waals surface area (Å²) in [6.45, 7) is 5.20. The number of methoxy groups -OCH3 is 1. The summed E-state index contributed by atoms with van der Waals surface area (Å²) in [5, 5.41) is -0.210. The summed E-state index contributed by atoms with van der Waals surface area (Å²) >= 11 is 6.97. The van der Waals surface area contributed by atoms with E-state index in [-0.39, 0.29) is 11.0 Å². The molecule has 27 heavy (non-hydrogen) atoms. The second kappa shape index (κ2) is 9.14. The molecule has 1 heterocycles. The van der Waals surface area contributed by atoms with Gasteiger partial charge in [-0.25, -0.2) is 0 Å². The number of carbonyl (C=O) groups excluding carboxylic acids is 3. The molecule has 0 spiro atoms. The molecule has 0 aliphatic carbocycles. The van der Waals surface area contributed by atoms with E-state index in [0.717, 1.165) is 16.7 Å². The molecule has 0 radical (unpaired) electrons. The molecule has 0 N–H and O–H groups in total. The quantitative estimate of drug-likeness (QED) is 0.497. The van der Waals surface area contributed by atoms with Crippen LogP contribution in [0.25, 0.3) is 6.08 Å². The van der Waals surface area contributed by atoms with Crippen LogP contribution in [-0.2, 0) is 14.3 Å². The minimum atomic E-state index is -0.640. The van der Waals surface area contributed by atoms with Gasteiger partial charge in [0.15, 0.2) is 11.5 Å². The van der Waals surface area contributed by atoms with E-state index < -0.39 is 23.7 Å². The van der Waals surface area contributed by atoms with Crippen LogP contribution >= 0.6 is 23.4 Å². The summed E-state index contributed by atoms with van der Waals surface area (Å²) < 4.78 is 15.7. The molecule has 146 valence electrons. The van der Waals surface area contributed by atoms with E-state index >= 15 is 0 Å². The fourth-order valence-corrected chi connectivity index (χ4v) is 3.44. The fraction of sp³-hybridized carbons (Fsp3) is 0.389. The maximum absolute atomic E-state index is 12.5. The van der Waals surface area contributed by atoms with Gasteiger partial charge in [-0.1, -0.05) is 11.6 Å². The zero-order valence-corrected chi connectivity index (χ0v) is 17.0. The molecule has 2 amide bonds. The number of esters is 1. The smallest absolute Gasteiger partial charge is 0.326 e. The third kappa shape index (κ3) is 5.17. The minimum absolute atomic E-state index is 0.180. The Balaban J connectivity index is 2.25. The number of hydrogen-bond acceptors (Lipinski definition) is 7. The maximum Gasteiger partial charge on any atom is 0.326 e. The molecular formula is C18H20ClNO6S. The molecule has 0 saturated carbocycles. The van der Waals surface area contributed by atoms with Gasteiger partial charge in [0.25, 0.3) is 11.1 Å². The molecule has 9 heteroatoms. The molecule has 1 aromatic rings. The Morgan fingerprint density at radius 3 is 2.63 bits per heavy atom. The van der Waals surface area contributed by atoms with Crippen molar-refractivity contribution < 1.29 is 28.6 Å². The Morgan fingerprint density at radius 2 is 2.04 bits per heavy atom. The molecule has 2 rings (SSSR count). The molecule has 1 saturated heterocycles. The van der Waals surface area contributed by atoms with Crippen LogP contribution in [0.2, 0.25) is 5.02 Å². The van der Waals surface area contributed by atoms with Crippen molar-refractivity contribution in [1.82, 2.24) is 4.90 Å². The summed E-state index contributed by atoms with van der Waals surface area (Å²) in [5.41, 5.74) is 0.565. The van der Waals surface area contributed by atoms with Crippen LogP contribution in [0.15, 0.2) is 17.0 Å². The summed E-state index contributed by atoms with van der Waals surface area (Å²) in [5.74, 6) is -0.382. The van der Waals surface area contributed by atoms with Crippen molar-refractivity contribution in [3.63, 3.8) is 0 Å². The number of carbonyl (C=O) groups is 3. The molecule has 1 aliphatic heterocycles. The number of imide groups is 1. The number of hydrogen-bond donors (Lipinski definition) is 0. The van der Waals surface area contributed by atoms with Crippen LogP contribution < -0.4 is 9.47 Å². The summed E-state index contributed by atoms with van der Waals surface area (Å²) in [7, 11) is 1.48. The second-order valence-electron chi connectivity index (χ2n) is 5.77. The van der Waals surface area contributed by atoms with Crippen molar-refractivity contribution in [2.45, 2.75) is 26.9 Å². The van der Waals surface area contributed by atoms with Crippen molar-refractivity contribution in [2.24, 2.45) is 0 Å². The first kappa shape index (κ1) is 21.1. The Bertz CT molecular complexity index is 792. The van der Waals surface area contributed by atoms with Crippen molar-refractivity contribution in [2.75, 3.05) is 20.3 Å². The second-order valence-corrected chi connectivity index (χ2v) is 7.17. The predicted octanol–water partition coefficient (Wildman–Crippen LogP) is 3.74. The van der Waals surface area contributed by atoms with Gasteiger partial charge in [-0.3, -0.25) is 19.3 Å². The zero-order valence-electron chi connectivity index (χ0n) is 15.4. The first-order valence-electron chi connectivity index (χ1n) is 8.22. The highest BCUT2D eigenvalue weighted by molar-refractivity contribution is 8.18. The van der Waals surface area contributed by atoms with E-state index in [4.69, 9.17) is 25.8 Å². The Kier molecular flexibility index (Phi) is 7.15. The summed E-state index contributed by atoms with van der Waals surface area (Å²) in [6.07, 6.45) is 1.19. The highest BCUT2D eigenvalue weighted by Gasteiger charge is 2.36.